The third-order valence-electron chi connectivity index (χ3n) is 2.75. The maximum atomic E-state index is 4.56. The zero-order chi connectivity index (χ0) is 12.4. The molecule has 2 heterocycles. The largest absolute Gasteiger partial charge is 0.302 e. The lowest BCUT2D eigenvalue weighted by molar-refractivity contribution is 0.574. The maximum absolute atomic E-state index is 4.56. The summed E-state index contributed by atoms with van der Waals surface area (Å²) in [6.45, 7) is 2.07. The van der Waals surface area contributed by atoms with Crippen LogP contribution in [0.25, 0.3) is 0 Å². The molecule has 0 spiro atoms. The van der Waals surface area contributed by atoms with Gasteiger partial charge in [0.15, 0.2) is 5.84 Å². The minimum absolute atomic E-state index is 0.0816. The van der Waals surface area contributed by atoms with Gasteiger partial charge in [-0.05, 0) is 12.5 Å². The summed E-state index contributed by atoms with van der Waals surface area (Å²) >= 11 is 0. The standard InChI is InChI=1S/C13H13N5/c1-9-3-2-4-10(7-9)12-16-13(18-17-12)11-8-14-5-6-15-11/h2-8,12,17H,1H3,(H,16,18)/t12-/m1/s1. The second kappa shape index (κ2) is 4.54. The van der Waals surface area contributed by atoms with Gasteiger partial charge in [-0.25, -0.2) is 15.4 Å². The molecule has 2 aromatic rings. The van der Waals surface area contributed by atoms with Crippen molar-refractivity contribution in [3.8, 4) is 0 Å². The molecule has 0 saturated heterocycles. The number of aryl methyl sites for hydroxylation is 1. The number of aromatic nitrogens is 2. The van der Waals surface area contributed by atoms with E-state index in [4.69, 9.17) is 0 Å². The first-order valence-corrected chi connectivity index (χ1v) is 5.75. The van der Waals surface area contributed by atoms with E-state index in [0.717, 1.165) is 17.1 Å². The van der Waals surface area contributed by atoms with Crippen LogP contribution in [-0.2, 0) is 0 Å². The first-order chi connectivity index (χ1) is 8.83. The predicted molar refractivity (Wildman–Crippen MR) is 68.8 cm³/mol. The van der Waals surface area contributed by atoms with E-state index in [1.165, 1.54) is 5.56 Å². The Hall–Kier alpha value is -2.27. The molecule has 0 bridgehead atoms. The van der Waals surface area contributed by atoms with Crippen molar-refractivity contribution in [1.82, 2.24) is 20.8 Å². The van der Waals surface area contributed by atoms with E-state index in [-0.39, 0.29) is 6.17 Å². The Balaban J connectivity index is 1.88. The van der Waals surface area contributed by atoms with E-state index in [9.17, 15) is 0 Å². The summed E-state index contributed by atoms with van der Waals surface area (Å²) in [5, 5.41) is 0. The Labute approximate surface area is 105 Å². The molecule has 5 nitrogen and oxygen atoms in total. The highest BCUT2D eigenvalue weighted by Gasteiger charge is 2.19. The molecule has 0 fully saturated rings. The number of hydrogen-bond acceptors (Lipinski definition) is 5. The second-order valence-corrected chi connectivity index (χ2v) is 4.15. The van der Waals surface area contributed by atoms with E-state index in [1.807, 2.05) is 6.07 Å². The van der Waals surface area contributed by atoms with Gasteiger partial charge in [0.2, 0.25) is 0 Å². The lowest BCUT2D eigenvalue weighted by Crippen LogP contribution is -2.32. The fourth-order valence-electron chi connectivity index (χ4n) is 1.88. The minimum atomic E-state index is -0.0816. The zero-order valence-electron chi connectivity index (χ0n) is 9.96. The van der Waals surface area contributed by atoms with Gasteiger partial charge in [0.05, 0.1) is 6.20 Å². The summed E-state index contributed by atoms with van der Waals surface area (Å²) in [6, 6.07) is 8.26. The summed E-state index contributed by atoms with van der Waals surface area (Å²) in [7, 11) is 0. The average molecular weight is 239 g/mol. The zero-order valence-corrected chi connectivity index (χ0v) is 9.96. The maximum Gasteiger partial charge on any atom is 0.165 e. The number of nitrogens with zero attached hydrogens (tertiary/aromatic N) is 3. The minimum Gasteiger partial charge on any atom is -0.302 e. The van der Waals surface area contributed by atoms with Gasteiger partial charge < -0.3 is 5.43 Å². The smallest absolute Gasteiger partial charge is 0.165 e. The molecule has 1 aliphatic rings. The normalized spacial score (nSPS) is 18.3. The number of amidine groups is 1. The third kappa shape index (κ3) is 2.08. The predicted octanol–water partition coefficient (Wildman–Crippen LogP) is 1.34. The fourth-order valence-corrected chi connectivity index (χ4v) is 1.88. The molecule has 1 aliphatic heterocycles. The lowest BCUT2D eigenvalue weighted by Gasteiger charge is -2.07. The molecule has 18 heavy (non-hydrogen) atoms. The van der Waals surface area contributed by atoms with Gasteiger partial charge in [0.25, 0.3) is 0 Å². The van der Waals surface area contributed by atoms with E-state index < -0.39 is 0 Å². The molecular weight excluding hydrogens is 226 g/mol. The van der Waals surface area contributed by atoms with Crippen molar-refractivity contribution >= 4 is 5.84 Å². The van der Waals surface area contributed by atoms with Gasteiger partial charge in [-0.15, -0.1) is 0 Å². The molecule has 3 rings (SSSR count). The Morgan fingerprint density at radius 3 is 2.94 bits per heavy atom. The molecule has 90 valence electrons. The quantitative estimate of drug-likeness (QED) is 0.830. The Bertz CT molecular complexity index is 579. The Morgan fingerprint density at radius 1 is 1.22 bits per heavy atom. The topological polar surface area (TPSA) is 62.2 Å². The summed E-state index contributed by atoms with van der Waals surface area (Å²) in [6.07, 6.45) is 4.90. The van der Waals surface area contributed by atoms with Gasteiger partial charge in [-0.1, -0.05) is 29.8 Å². The summed E-state index contributed by atoms with van der Waals surface area (Å²) in [5.41, 5.74) is 9.25. The van der Waals surface area contributed by atoms with E-state index >= 15 is 0 Å². The van der Waals surface area contributed by atoms with Gasteiger partial charge >= 0.3 is 0 Å². The van der Waals surface area contributed by atoms with Crippen LogP contribution in [0.3, 0.4) is 0 Å². The van der Waals surface area contributed by atoms with Crippen molar-refractivity contribution in [2.75, 3.05) is 0 Å². The molecule has 2 N–H and O–H groups in total. The van der Waals surface area contributed by atoms with Crippen LogP contribution in [0.1, 0.15) is 23.0 Å². The molecule has 1 atom stereocenters. The van der Waals surface area contributed by atoms with Crippen LogP contribution >= 0.6 is 0 Å². The number of nitrogens with one attached hydrogen (secondary N) is 2. The Kier molecular flexibility index (Phi) is 2.74. The van der Waals surface area contributed by atoms with Crippen molar-refractivity contribution in [2.24, 2.45) is 4.99 Å². The number of rotatable bonds is 2. The van der Waals surface area contributed by atoms with Crippen LogP contribution in [0.15, 0.2) is 47.8 Å². The van der Waals surface area contributed by atoms with Gasteiger partial charge in [-0.2, -0.15) is 0 Å². The van der Waals surface area contributed by atoms with Crippen LogP contribution in [0, 0.1) is 6.92 Å². The average Bonchev–Trinajstić information content (AvgIpc) is 2.89. The number of aliphatic imine (C=N–C) groups is 1. The number of benzene rings is 1. The van der Waals surface area contributed by atoms with Gasteiger partial charge in [0, 0.05) is 12.4 Å². The summed E-state index contributed by atoms with van der Waals surface area (Å²) < 4.78 is 0. The molecular formula is C13H13N5. The molecule has 0 amide bonds. The van der Waals surface area contributed by atoms with Crippen molar-refractivity contribution in [3.05, 3.63) is 59.7 Å². The van der Waals surface area contributed by atoms with Crippen LogP contribution in [0.5, 0.6) is 0 Å². The fraction of sp³-hybridized carbons (Fsp3) is 0.154. The molecule has 1 aromatic carbocycles. The highest BCUT2D eigenvalue weighted by atomic mass is 15.5. The molecule has 0 unspecified atom stereocenters. The van der Waals surface area contributed by atoms with E-state index in [2.05, 4.69) is 50.9 Å². The monoisotopic (exact) mass is 239 g/mol. The number of hydrazine groups is 1. The molecule has 0 saturated carbocycles. The highest BCUT2D eigenvalue weighted by Crippen LogP contribution is 2.18. The first-order valence-electron chi connectivity index (χ1n) is 5.75. The highest BCUT2D eigenvalue weighted by molar-refractivity contribution is 5.97. The molecule has 1 aromatic heterocycles. The van der Waals surface area contributed by atoms with Crippen LogP contribution < -0.4 is 10.9 Å². The van der Waals surface area contributed by atoms with E-state index in [0.29, 0.717) is 0 Å². The van der Waals surface area contributed by atoms with Crippen LogP contribution in [0.2, 0.25) is 0 Å². The van der Waals surface area contributed by atoms with Crippen molar-refractivity contribution in [2.45, 2.75) is 13.1 Å². The van der Waals surface area contributed by atoms with Crippen LogP contribution in [0.4, 0.5) is 0 Å². The van der Waals surface area contributed by atoms with E-state index in [1.54, 1.807) is 18.6 Å². The van der Waals surface area contributed by atoms with Crippen molar-refractivity contribution < 1.29 is 0 Å². The number of hydrogen-bond donors (Lipinski definition) is 2. The Morgan fingerprint density at radius 2 is 2.17 bits per heavy atom. The SMILES string of the molecule is Cc1cccc([C@@H]2N=C(c3cnccn3)NN2)c1. The second-order valence-electron chi connectivity index (χ2n) is 4.15. The third-order valence-corrected chi connectivity index (χ3v) is 2.75. The van der Waals surface area contributed by atoms with Gasteiger partial charge in [0.1, 0.15) is 11.9 Å². The van der Waals surface area contributed by atoms with Gasteiger partial charge in [-0.3, -0.25) is 4.98 Å². The molecule has 0 radical (unpaired) electrons. The summed E-state index contributed by atoms with van der Waals surface area (Å²) in [4.78, 5) is 12.8. The van der Waals surface area contributed by atoms with Crippen LogP contribution in [-0.4, -0.2) is 15.8 Å². The van der Waals surface area contributed by atoms with Crippen molar-refractivity contribution in [3.63, 3.8) is 0 Å². The van der Waals surface area contributed by atoms with Crippen molar-refractivity contribution in [1.29, 1.82) is 0 Å². The molecule has 0 aliphatic carbocycles. The summed E-state index contributed by atoms with van der Waals surface area (Å²) in [5.74, 6) is 0.717. The lowest BCUT2D eigenvalue weighted by atomic mass is 10.1. The first kappa shape index (κ1) is 10.9. The molecule has 5 heteroatoms.